The van der Waals surface area contributed by atoms with E-state index in [0.717, 1.165) is 5.56 Å². The van der Waals surface area contributed by atoms with Gasteiger partial charge in [-0.15, -0.1) is 0 Å². The molecule has 0 spiro atoms. The Labute approximate surface area is 114 Å². The van der Waals surface area contributed by atoms with E-state index in [1.165, 1.54) is 0 Å². The van der Waals surface area contributed by atoms with Gasteiger partial charge in [0.1, 0.15) is 5.60 Å². The first kappa shape index (κ1) is 13.9. The van der Waals surface area contributed by atoms with Crippen molar-refractivity contribution in [2.75, 3.05) is 13.2 Å². The standard InChI is InChI=1S/C15H21NO3/c1-15(2,3)19-14(18)16-9-12(13(16)10-17)11-7-5-4-6-8-11/h4-8,12-13,17H,9-10H2,1-3H3/t12-,13-/m1/s1. The van der Waals surface area contributed by atoms with Crippen LogP contribution in [-0.4, -0.2) is 40.9 Å². The zero-order valence-corrected chi connectivity index (χ0v) is 11.7. The van der Waals surface area contributed by atoms with E-state index in [1.54, 1.807) is 4.90 Å². The molecule has 1 aliphatic rings. The molecule has 1 N–H and O–H groups in total. The lowest BCUT2D eigenvalue weighted by molar-refractivity contribution is -0.0270. The number of amides is 1. The predicted octanol–water partition coefficient (Wildman–Crippen LogP) is 2.38. The fourth-order valence-corrected chi connectivity index (χ4v) is 2.33. The van der Waals surface area contributed by atoms with Gasteiger partial charge in [0.15, 0.2) is 0 Å². The largest absolute Gasteiger partial charge is 0.444 e. The third kappa shape index (κ3) is 3.07. The van der Waals surface area contributed by atoms with Gasteiger partial charge >= 0.3 is 6.09 Å². The number of carbonyl (C=O) groups is 1. The summed E-state index contributed by atoms with van der Waals surface area (Å²) in [6.45, 7) is 6.08. The summed E-state index contributed by atoms with van der Waals surface area (Å²) in [4.78, 5) is 13.6. The van der Waals surface area contributed by atoms with E-state index in [2.05, 4.69) is 0 Å². The maximum Gasteiger partial charge on any atom is 0.410 e. The van der Waals surface area contributed by atoms with Gasteiger partial charge in [-0.05, 0) is 26.3 Å². The lowest BCUT2D eigenvalue weighted by Gasteiger charge is -2.47. The lowest BCUT2D eigenvalue weighted by atomic mass is 9.83. The average Bonchev–Trinajstić information content (AvgIpc) is 2.27. The van der Waals surface area contributed by atoms with Crippen molar-refractivity contribution in [1.29, 1.82) is 0 Å². The third-order valence-corrected chi connectivity index (χ3v) is 3.30. The van der Waals surface area contributed by atoms with Gasteiger partial charge in [-0.25, -0.2) is 4.79 Å². The van der Waals surface area contributed by atoms with Gasteiger partial charge in [0, 0.05) is 12.5 Å². The molecule has 1 heterocycles. The first-order valence-electron chi connectivity index (χ1n) is 6.58. The number of rotatable bonds is 2. The van der Waals surface area contributed by atoms with E-state index < -0.39 is 5.60 Å². The molecule has 0 radical (unpaired) electrons. The molecule has 1 aliphatic heterocycles. The fourth-order valence-electron chi connectivity index (χ4n) is 2.33. The number of ether oxygens (including phenoxy) is 1. The molecule has 104 valence electrons. The second-order valence-corrected chi connectivity index (χ2v) is 5.90. The quantitative estimate of drug-likeness (QED) is 0.891. The first-order valence-corrected chi connectivity index (χ1v) is 6.58. The zero-order chi connectivity index (χ0) is 14.0. The highest BCUT2D eigenvalue weighted by Gasteiger charge is 2.43. The van der Waals surface area contributed by atoms with Crippen LogP contribution in [-0.2, 0) is 4.74 Å². The summed E-state index contributed by atoms with van der Waals surface area (Å²) >= 11 is 0. The van der Waals surface area contributed by atoms with E-state index in [1.807, 2.05) is 51.1 Å². The van der Waals surface area contributed by atoms with Gasteiger partial charge in [0.2, 0.25) is 0 Å². The van der Waals surface area contributed by atoms with Crippen LogP contribution >= 0.6 is 0 Å². The zero-order valence-electron chi connectivity index (χ0n) is 11.7. The molecule has 1 aromatic carbocycles. The molecule has 1 fully saturated rings. The van der Waals surface area contributed by atoms with Crippen molar-refractivity contribution in [1.82, 2.24) is 4.90 Å². The van der Waals surface area contributed by atoms with Crippen LogP contribution in [0.5, 0.6) is 0 Å². The van der Waals surface area contributed by atoms with Crippen LogP contribution in [0.25, 0.3) is 0 Å². The number of hydrogen-bond acceptors (Lipinski definition) is 3. The van der Waals surface area contributed by atoms with Gasteiger partial charge in [0.05, 0.1) is 12.6 Å². The van der Waals surface area contributed by atoms with Crippen molar-refractivity contribution in [2.24, 2.45) is 0 Å². The molecule has 2 rings (SSSR count). The molecule has 19 heavy (non-hydrogen) atoms. The molecule has 0 bridgehead atoms. The fraction of sp³-hybridized carbons (Fsp3) is 0.533. The maximum atomic E-state index is 12.0. The van der Waals surface area contributed by atoms with E-state index >= 15 is 0 Å². The molecular formula is C15H21NO3. The number of aliphatic hydroxyl groups excluding tert-OH is 1. The Hall–Kier alpha value is -1.55. The van der Waals surface area contributed by atoms with Gasteiger partial charge in [-0.1, -0.05) is 30.3 Å². The van der Waals surface area contributed by atoms with Crippen molar-refractivity contribution in [3.05, 3.63) is 35.9 Å². The minimum absolute atomic E-state index is 0.0429. The number of nitrogens with zero attached hydrogens (tertiary/aromatic N) is 1. The summed E-state index contributed by atoms with van der Waals surface area (Å²) in [5.41, 5.74) is 0.649. The Balaban J connectivity index is 2.02. The van der Waals surface area contributed by atoms with Crippen LogP contribution in [0.1, 0.15) is 32.3 Å². The minimum Gasteiger partial charge on any atom is -0.444 e. The van der Waals surface area contributed by atoms with Crippen LogP contribution < -0.4 is 0 Å². The minimum atomic E-state index is -0.505. The van der Waals surface area contributed by atoms with Crippen LogP contribution in [0.2, 0.25) is 0 Å². The van der Waals surface area contributed by atoms with Crippen molar-refractivity contribution in [2.45, 2.75) is 38.3 Å². The molecule has 4 nitrogen and oxygen atoms in total. The van der Waals surface area contributed by atoms with E-state index in [-0.39, 0.29) is 24.7 Å². The number of hydrogen-bond donors (Lipinski definition) is 1. The van der Waals surface area contributed by atoms with Crippen molar-refractivity contribution in [3.8, 4) is 0 Å². The maximum absolute atomic E-state index is 12.0. The highest BCUT2D eigenvalue weighted by molar-refractivity contribution is 5.70. The molecule has 0 unspecified atom stereocenters. The Morgan fingerprint density at radius 1 is 1.37 bits per heavy atom. The van der Waals surface area contributed by atoms with Gasteiger partial charge < -0.3 is 14.7 Å². The Morgan fingerprint density at radius 2 is 2.00 bits per heavy atom. The number of likely N-dealkylation sites (tertiary alicyclic amines) is 1. The van der Waals surface area contributed by atoms with Crippen LogP contribution in [0.3, 0.4) is 0 Å². The first-order chi connectivity index (χ1) is 8.92. The highest BCUT2D eigenvalue weighted by Crippen LogP contribution is 2.34. The van der Waals surface area contributed by atoms with Crippen LogP contribution in [0.4, 0.5) is 4.79 Å². The topological polar surface area (TPSA) is 49.8 Å². The van der Waals surface area contributed by atoms with E-state index in [9.17, 15) is 9.90 Å². The average molecular weight is 263 g/mol. The van der Waals surface area contributed by atoms with Crippen LogP contribution in [0.15, 0.2) is 30.3 Å². The second-order valence-electron chi connectivity index (χ2n) is 5.90. The normalized spacial score (nSPS) is 22.8. The van der Waals surface area contributed by atoms with Crippen molar-refractivity contribution >= 4 is 6.09 Å². The smallest absolute Gasteiger partial charge is 0.410 e. The molecule has 4 heteroatoms. The van der Waals surface area contributed by atoms with E-state index in [4.69, 9.17) is 4.74 Å². The Bertz CT molecular complexity index is 438. The number of carbonyl (C=O) groups excluding carboxylic acids is 1. The van der Waals surface area contributed by atoms with E-state index in [0.29, 0.717) is 6.54 Å². The molecule has 0 saturated carbocycles. The van der Waals surface area contributed by atoms with Crippen molar-refractivity contribution < 1.29 is 14.6 Å². The summed E-state index contributed by atoms with van der Waals surface area (Å²) < 4.78 is 5.33. The highest BCUT2D eigenvalue weighted by atomic mass is 16.6. The number of benzene rings is 1. The summed E-state index contributed by atoms with van der Waals surface area (Å²) in [6.07, 6.45) is -0.348. The second kappa shape index (κ2) is 5.21. The van der Waals surface area contributed by atoms with Gasteiger partial charge in [0.25, 0.3) is 0 Å². The molecule has 0 aromatic heterocycles. The van der Waals surface area contributed by atoms with Crippen molar-refractivity contribution in [3.63, 3.8) is 0 Å². The number of aliphatic hydroxyl groups is 1. The monoisotopic (exact) mass is 263 g/mol. The molecule has 1 amide bonds. The summed E-state index contributed by atoms with van der Waals surface area (Å²) in [7, 11) is 0. The van der Waals surface area contributed by atoms with Gasteiger partial charge in [-0.3, -0.25) is 0 Å². The Morgan fingerprint density at radius 3 is 2.53 bits per heavy atom. The predicted molar refractivity (Wildman–Crippen MR) is 73.0 cm³/mol. The molecule has 2 atom stereocenters. The SMILES string of the molecule is CC(C)(C)OC(=O)N1C[C@H](c2ccccc2)[C@H]1CO. The lowest BCUT2D eigenvalue weighted by Crippen LogP contribution is -2.59. The molecule has 0 aliphatic carbocycles. The summed E-state index contributed by atoms with van der Waals surface area (Å²) in [5, 5.41) is 9.49. The molecule has 1 aromatic rings. The summed E-state index contributed by atoms with van der Waals surface area (Å²) in [6, 6.07) is 9.78. The Kier molecular flexibility index (Phi) is 3.80. The summed E-state index contributed by atoms with van der Waals surface area (Å²) in [5.74, 6) is 0.193. The van der Waals surface area contributed by atoms with Gasteiger partial charge in [-0.2, -0.15) is 0 Å². The molecule has 1 saturated heterocycles. The third-order valence-electron chi connectivity index (χ3n) is 3.30. The molecular weight excluding hydrogens is 242 g/mol. The van der Waals surface area contributed by atoms with Crippen LogP contribution in [0, 0.1) is 0 Å².